The monoisotopic (exact) mass is 711 g/mol. The van der Waals surface area contributed by atoms with Gasteiger partial charge in [-0.15, -0.1) is 0 Å². The summed E-state index contributed by atoms with van der Waals surface area (Å²) >= 11 is 1.88. The van der Waals surface area contributed by atoms with E-state index in [1.807, 2.05) is 11.8 Å². The van der Waals surface area contributed by atoms with Gasteiger partial charge in [-0.2, -0.15) is 11.8 Å². The lowest BCUT2D eigenvalue weighted by atomic mass is 10.0. The van der Waals surface area contributed by atoms with E-state index in [-0.39, 0.29) is 66.9 Å². The summed E-state index contributed by atoms with van der Waals surface area (Å²) in [5.41, 5.74) is 0. The van der Waals surface area contributed by atoms with Crippen LogP contribution < -0.4 is 37.2 Å². The fourth-order valence-electron chi connectivity index (χ4n) is 5.83. The summed E-state index contributed by atoms with van der Waals surface area (Å²) in [6, 6.07) is -1.55. The Kier molecular flexibility index (Phi) is 19.5. The number of carbonyl (C=O) groups is 7. The maximum Gasteiger partial charge on any atom is 0.315 e. The Morgan fingerprint density at radius 3 is 1.94 bits per heavy atom. The first kappa shape index (κ1) is 41.6. The second-order valence-corrected chi connectivity index (χ2v) is 14.4. The number of carboxylic acid groups (broad SMARTS) is 1. The third-order valence-electron chi connectivity index (χ3n) is 8.68. The van der Waals surface area contributed by atoms with Crippen LogP contribution in [0.3, 0.4) is 0 Å². The summed E-state index contributed by atoms with van der Waals surface area (Å²) in [5.74, 6) is -1.73. The molecule has 2 rings (SSSR count). The van der Waals surface area contributed by atoms with Crippen molar-refractivity contribution < 1.29 is 38.7 Å². The molecule has 8 N–H and O–H groups in total. The molecule has 0 aromatic carbocycles. The van der Waals surface area contributed by atoms with Gasteiger partial charge >= 0.3 is 12.0 Å². The number of unbranched alkanes of at least 4 members (excludes halogenated alkanes) is 5. The van der Waals surface area contributed by atoms with E-state index in [9.17, 15) is 33.6 Å². The van der Waals surface area contributed by atoms with Gasteiger partial charge in [0.15, 0.2) is 0 Å². The van der Waals surface area contributed by atoms with Gasteiger partial charge in [0.05, 0.1) is 12.1 Å². The van der Waals surface area contributed by atoms with Gasteiger partial charge < -0.3 is 42.3 Å². The lowest BCUT2D eigenvalue weighted by Crippen LogP contribution is -2.55. The Morgan fingerprint density at radius 1 is 0.776 bits per heavy atom. The van der Waals surface area contributed by atoms with Gasteiger partial charge in [-0.25, -0.2) is 4.79 Å². The van der Waals surface area contributed by atoms with Gasteiger partial charge in [-0.1, -0.05) is 33.1 Å². The lowest BCUT2D eigenvalue weighted by molar-refractivity contribution is -0.138. The summed E-state index contributed by atoms with van der Waals surface area (Å²) in [6.45, 7) is 4.62. The predicted octanol–water partition coefficient (Wildman–Crippen LogP) is 1.30. The number of aliphatic carboxylic acids is 1. The van der Waals surface area contributed by atoms with E-state index < -0.39 is 24.0 Å². The molecule has 2 saturated heterocycles. The van der Waals surface area contributed by atoms with Crippen LogP contribution in [0.1, 0.15) is 104 Å². The highest BCUT2D eigenvalue weighted by atomic mass is 32.2. The van der Waals surface area contributed by atoms with Gasteiger partial charge in [0.25, 0.3) is 0 Å². The predicted molar refractivity (Wildman–Crippen MR) is 187 cm³/mol. The standard InChI is InChI=1S/C33H57N7O8S/c1-21(2)29(32(47)34-3)39-31(46)22(16-17-28(44)45)37-27(43)15-7-5-11-19-35-25(41)13-6-4-10-18-36-26(42)14-9-8-12-24-30-23(20-49-24)38-33(48)40-30/h21-24,29-30H,4-20H2,1-3H3,(H,34,47)(H,35,41)(H,36,42)(H,37,43)(H,39,46)(H,44,45)(H2,38,40,48)/t22?,23?,24-,29?,30?/m1/s1. The first-order valence-corrected chi connectivity index (χ1v) is 18.7. The lowest BCUT2D eigenvalue weighted by Gasteiger charge is -2.24. The average molecular weight is 712 g/mol. The van der Waals surface area contributed by atoms with Crippen LogP contribution in [0.5, 0.6) is 0 Å². The second-order valence-electron chi connectivity index (χ2n) is 13.1. The molecule has 5 atom stereocenters. The van der Waals surface area contributed by atoms with Gasteiger partial charge in [0.2, 0.25) is 29.5 Å². The van der Waals surface area contributed by atoms with Crippen LogP contribution in [0.2, 0.25) is 0 Å². The van der Waals surface area contributed by atoms with Crippen molar-refractivity contribution in [1.82, 2.24) is 37.2 Å². The molecule has 0 radical (unpaired) electrons. The van der Waals surface area contributed by atoms with Crippen molar-refractivity contribution in [3.05, 3.63) is 0 Å². The molecule has 0 bridgehead atoms. The third kappa shape index (κ3) is 16.6. The summed E-state index contributed by atoms with van der Waals surface area (Å²) in [4.78, 5) is 84.2. The molecule has 0 aliphatic carbocycles. The second kappa shape index (κ2) is 23.0. The van der Waals surface area contributed by atoms with E-state index >= 15 is 0 Å². The summed E-state index contributed by atoms with van der Waals surface area (Å²) in [6.07, 6.45) is 7.66. The van der Waals surface area contributed by atoms with Crippen LogP contribution in [0.15, 0.2) is 0 Å². The fourth-order valence-corrected chi connectivity index (χ4v) is 7.37. The van der Waals surface area contributed by atoms with Crippen molar-refractivity contribution in [2.45, 2.75) is 133 Å². The van der Waals surface area contributed by atoms with E-state index in [0.717, 1.165) is 44.3 Å². The number of urea groups is 1. The van der Waals surface area contributed by atoms with Crippen LogP contribution in [0, 0.1) is 5.92 Å². The zero-order valence-electron chi connectivity index (χ0n) is 29.2. The SMILES string of the molecule is CNC(=O)C(NC(=O)C(CCC(=O)O)NC(=O)CCCCCNC(=O)CCCCCNC(=O)CCCC[C@H]1SCC2NC(=O)NC21)C(C)C. The van der Waals surface area contributed by atoms with Crippen molar-refractivity contribution in [2.24, 2.45) is 5.92 Å². The van der Waals surface area contributed by atoms with Crippen molar-refractivity contribution in [3.8, 4) is 0 Å². The zero-order valence-corrected chi connectivity index (χ0v) is 30.0. The molecule has 15 nitrogen and oxygen atoms in total. The fraction of sp³-hybridized carbons (Fsp3) is 0.788. The molecule has 0 saturated carbocycles. The largest absolute Gasteiger partial charge is 0.481 e. The molecule has 0 spiro atoms. The zero-order chi connectivity index (χ0) is 36.2. The minimum atomic E-state index is -1.10. The van der Waals surface area contributed by atoms with Crippen LogP contribution in [0.4, 0.5) is 4.79 Å². The highest BCUT2D eigenvalue weighted by Crippen LogP contribution is 2.33. The molecule has 4 unspecified atom stereocenters. The number of hydrogen-bond acceptors (Lipinski definition) is 8. The van der Waals surface area contributed by atoms with Crippen molar-refractivity contribution in [1.29, 1.82) is 0 Å². The number of carboxylic acids is 1. The Bertz CT molecular complexity index is 1120. The number of amides is 7. The number of likely N-dealkylation sites (N-methyl/N-ethyl adjacent to an activating group) is 1. The Hall–Kier alpha value is -3.56. The van der Waals surface area contributed by atoms with Gasteiger partial charge in [-0.05, 0) is 50.9 Å². The summed E-state index contributed by atoms with van der Waals surface area (Å²) < 4.78 is 0. The normalized spacial score (nSPS) is 19.2. The molecule has 2 heterocycles. The minimum Gasteiger partial charge on any atom is -0.481 e. The molecule has 0 aromatic rings. The van der Waals surface area contributed by atoms with Crippen molar-refractivity contribution >= 4 is 53.3 Å². The first-order chi connectivity index (χ1) is 23.4. The van der Waals surface area contributed by atoms with Crippen LogP contribution in [0.25, 0.3) is 0 Å². The number of nitrogens with one attached hydrogen (secondary N) is 7. The average Bonchev–Trinajstić information content (AvgIpc) is 3.61. The molecule has 2 fully saturated rings. The van der Waals surface area contributed by atoms with E-state index in [0.29, 0.717) is 50.4 Å². The molecule has 7 amide bonds. The molecule has 2 aliphatic heterocycles. The molecule has 2 aliphatic rings. The number of carbonyl (C=O) groups excluding carboxylic acids is 6. The van der Waals surface area contributed by atoms with Gasteiger partial charge in [0, 0.05) is 56.8 Å². The Balaban J connectivity index is 1.47. The van der Waals surface area contributed by atoms with Crippen LogP contribution in [-0.2, 0) is 28.8 Å². The maximum absolute atomic E-state index is 12.8. The van der Waals surface area contributed by atoms with Gasteiger partial charge in [-0.3, -0.25) is 28.8 Å². The molecule has 49 heavy (non-hydrogen) atoms. The maximum atomic E-state index is 12.8. The van der Waals surface area contributed by atoms with Gasteiger partial charge in [0.1, 0.15) is 12.1 Å². The Morgan fingerprint density at radius 2 is 1.37 bits per heavy atom. The molecule has 278 valence electrons. The van der Waals surface area contributed by atoms with E-state index in [1.54, 1.807) is 13.8 Å². The van der Waals surface area contributed by atoms with E-state index in [1.165, 1.54) is 7.05 Å². The van der Waals surface area contributed by atoms with Crippen molar-refractivity contribution in [2.75, 3.05) is 25.9 Å². The van der Waals surface area contributed by atoms with Crippen LogP contribution >= 0.6 is 11.8 Å². The number of fused-ring (bicyclic) bond motifs is 1. The van der Waals surface area contributed by atoms with Crippen LogP contribution in [-0.4, -0.2) is 102 Å². The number of thioether (sulfide) groups is 1. The third-order valence-corrected chi connectivity index (χ3v) is 10.2. The van der Waals surface area contributed by atoms with Crippen molar-refractivity contribution in [3.63, 3.8) is 0 Å². The molecular formula is C33H57N7O8S. The number of hydrogen-bond donors (Lipinski definition) is 8. The highest BCUT2D eigenvalue weighted by Gasteiger charge is 2.42. The summed E-state index contributed by atoms with van der Waals surface area (Å²) in [7, 11) is 1.46. The summed E-state index contributed by atoms with van der Waals surface area (Å²) in [5, 5.41) is 28.9. The Labute approximate surface area is 293 Å². The van der Waals surface area contributed by atoms with E-state index in [2.05, 4.69) is 37.2 Å². The number of rotatable bonds is 25. The minimum absolute atomic E-state index is 0.0368. The highest BCUT2D eigenvalue weighted by molar-refractivity contribution is 8.00. The molecule has 16 heteroatoms. The van der Waals surface area contributed by atoms with E-state index in [4.69, 9.17) is 5.11 Å². The molecule has 0 aromatic heterocycles. The smallest absolute Gasteiger partial charge is 0.315 e. The topological polar surface area (TPSA) is 224 Å². The quantitative estimate of drug-likeness (QED) is 0.0504. The molecular weight excluding hydrogens is 654 g/mol. The first-order valence-electron chi connectivity index (χ1n) is 17.7.